The lowest BCUT2D eigenvalue weighted by Crippen LogP contribution is -2.50. The molecule has 2 amide bonds. The fourth-order valence-electron chi connectivity index (χ4n) is 3.07. The lowest BCUT2D eigenvalue weighted by molar-refractivity contribution is -0.139. The van der Waals surface area contributed by atoms with Crippen molar-refractivity contribution in [1.82, 2.24) is 10.2 Å². The zero-order valence-electron chi connectivity index (χ0n) is 18.5. The number of hydrogen-bond donors (Lipinski definition) is 1. The van der Waals surface area contributed by atoms with Crippen molar-refractivity contribution in [2.24, 2.45) is 0 Å². The van der Waals surface area contributed by atoms with Gasteiger partial charge in [-0.1, -0.05) is 28.1 Å². The molecule has 0 radical (unpaired) electrons. The Kier molecular flexibility index (Phi) is 9.09. The van der Waals surface area contributed by atoms with Gasteiger partial charge in [0.05, 0.1) is 18.6 Å². The summed E-state index contributed by atoms with van der Waals surface area (Å²) in [6.07, 6.45) is 1.04. The lowest BCUT2D eigenvalue weighted by atomic mass is 10.1. The second-order valence-corrected chi connectivity index (χ2v) is 9.96. The Bertz CT molecular complexity index is 1030. The number of carbonyl (C=O) groups excluding carboxylic acids is 2. The first kappa shape index (κ1) is 25.7. The van der Waals surface area contributed by atoms with E-state index in [1.54, 1.807) is 31.2 Å². The van der Waals surface area contributed by atoms with E-state index in [4.69, 9.17) is 4.74 Å². The number of halogens is 1. The predicted molar refractivity (Wildman–Crippen MR) is 128 cm³/mol. The van der Waals surface area contributed by atoms with E-state index in [1.165, 1.54) is 11.9 Å². The molecule has 0 unspecified atom stereocenters. The van der Waals surface area contributed by atoms with Crippen LogP contribution < -0.4 is 14.4 Å². The molecule has 32 heavy (non-hydrogen) atoms. The van der Waals surface area contributed by atoms with E-state index in [0.29, 0.717) is 18.0 Å². The molecule has 0 fully saturated rings. The third kappa shape index (κ3) is 6.96. The molecule has 0 aliphatic rings. The zero-order valence-corrected chi connectivity index (χ0v) is 20.9. The topological polar surface area (TPSA) is 96.0 Å². The van der Waals surface area contributed by atoms with Crippen molar-refractivity contribution in [2.75, 3.05) is 30.8 Å². The van der Waals surface area contributed by atoms with Crippen molar-refractivity contribution < 1.29 is 22.7 Å². The Hall–Kier alpha value is -2.59. The van der Waals surface area contributed by atoms with Gasteiger partial charge in [0.15, 0.2) is 0 Å². The highest BCUT2D eigenvalue weighted by molar-refractivity contribution is 9.10. The Balaban J connectivity index is 2.34. The molecule has 0 bridgehead atoms. The van der Waals surface area contributed by atoms with Gasteiger partial charge in [-0.3, -0.25) is 13.9 Å². The summed E-state index contributed by atoms with van der Waals surface area (Å²) in [6.45, 7) is 3.66. The minimum Gasteiger partial charge on any atom is -0.494 e. The summed E-state index contributed by atoms with van der Waals surface area (Å²) in [5.74, 6) is -0.244. The van der Waals surface area contributed by atoms with Gasteiger partial charge in [-0.2, -0.15) is 0 Å². The molecule has 0 saturated carbocycles. The average Bonchev–Trinajstić information content (AvgIpc) is 2.76. The number of rotatable bonds is 10. The summed E-state index contributed by atoms with van der Waals surface area (Å²) in [4.78, 5) is 26.9. The number of carbonyl (C=O) groups is 2. The van der Waals surface area contributed by atoms with Crippen molar-refractivity contribution in [2.45, 2.75) is 26.4 Å². The molecule has 10 heteroatoms. The van der Waals surface area contributed by atoms with Crippen LogP contribution in [0.15, 0.2) is 53.0 Å². The van der Waals surface area contributed by atoms with Gasteiger partial charge in [0, 0.05) is 18.1 Å². The number of anilines is 1. The highest BCUT2D eigenvalue weighted by Gasteiger charge is 2.29. The van der Waals surface area contributed by atoms with Crippen LogP contribution in [0.1, 0.15) is 19.4 Å². The molecule has 174 valence electrons. The smallest absolute Gasteiger partial charge is 0.244 e. The summed E-state index contributed by atoms with van der Waals surface area (Å²) in [6, 6.07) is 13.0. The van der Waals surface area contributed by atoms with Crippen LogP contribution >= 0.6 is 15.9 Å². The van der Waals surface area contributed by atoms with Crippen LogP contribution in [-0.4, -0.2) is 57.6 Å². The van der Waals surface area contributed by atoms with Crippen LogP contribution in [0.3, 0.4) is 0 Å². The Morgan fingerprint density at radius 3 is 2.19 bits per heavy atom. The number of sulfonamides is 1. The van der Waals surface area contributed by atoms with Crippen molar-refractivity contribution in [3.05, 3.63) is 58.6 Å². The predicted octanol–water partition coefficient (Wildman–Crippen LogP) is 2.78. The average molecular weight is 526 g/mol. The molecule has 0 spiro atoms. The van der Waals surface area contributed by atoms with E-state index in [1.807, 2.05) is 31.2 Å². The monoisotopic (exact) mass is 525 g/mol. The molecule has 2 aromatic rings. The summed E-state index contributed by atoms with van der Waals surface area (Å²) in [5, 5.41) is 2.54. The van der Waals surface area contributed by atoms with Crippen molar-refractivity contribution in [3.8, 4) is 5.75 Å². The van der Waals surface area contributed by atoms with Crippen molar-refractivity contribution >= 4 is 43.5 Å². The highest BCUT2D eigenvalue weighted by Crippen LogP contribution is 2.22. The number of amides is 2. The summed E-state index contributed by atoms with van der Waals surface area (Å²) in [5.41, 5.74) is 1.14. The Labute approximate surface area is 197 Å². The molecular weight excluding hydrogens is 498 g/mol. The molecule has 0 saturated heterocycles. The van der Waals surface area contributed by atoms with Gasteiger partial charge in [0.1, 0.15) is 18.3 Å². The van der Waals surface area contributed by atoms with Crippen LogP contribution in [0.4, 0.5) is 5.69 Å². The normalized spacial score (nSPS) is 12.0. The fraction of sp³-hybridized carbons (Fsp3) is 0.364. The summed E-state index contributed by atoms with van der Waals surface area (Å²) < 4.78 is 32.3. The molecule has 0 aliphatic carbocycles. The van der Waals surface area contributed by atoms with Gasteiger partial charge in [0.25, 0.3) is 0 Å². The molecule has 1 atom stereocenters. The van der Waals surface area contributed by atoms with Crippen molar-refractivity contribution in [1.29, 1.82) is 0 Å². The highest BCUT2D eigenvalue weighted by atomic mass is 79.9. The number of nitrogens with zero attached hydrogens (tertiary/aromatic N) is 2. The maximum Gasteiger partial charge on any atom is 0.244 e. The maximum atomic E-state index is 13.3. The van der Waals surface area contributed by atoms with E-state index < -0.39 is 28.5 Å². The first-order chi connectivity index (χ1) is 15.1. The van der Waals surface area contributed by atoms with E-state index in [9.17, 15) is 18.0 Å². The lowest BCUT2D eigenvalue weighted by Gasteiger charge is -2.31. The van der Waals surface area contributed by atoms with Gasteiger partial charge < -0.3 is 15.0 Å². The first-order valence-electron chi connectivity index (χ1n) is 10.0. The second kappa shape index (κ2) is 11.3. The number of nitrogens with one attached hydrogen (secondary N) is 1. The fourth-order valence-corrected chi connectivity index (χ4v) is 4.18. The third-order valence-corrected chi connectivity index (χ3v) is 6.46. The standard InChI is InChI=1S/C22H28BrN3O5S/c1-5-31-20-12-10-19(11-13-20)26(32(4,29)30)15-21(27)25(16(2)22(28)24-3)14-17-6-8-18(23)9-7-17/h6-13,16H,5,14-15H2,1-4H3,(H,24,28)/t16-/m1/s1. The van der Waals surface area contributed by atoms with Crippen LogP contribution in [0.25, 0.3) is 0 Å². The maximum absolute atomic E-state index is 13.3. The number of hydrogen-bond acceptors (Lipinski definition) is 5. The van der Waals surface area contributed by atoms with E-state index >= 15 is 0 Å². The molecule has 0 aromatic heterocycles. The largest absolute Gasteiger partial charge is 0.494 e. The van der Waals surface area contributed by atoms with Gasteiger partial charge in [-0.05, 0) is 55.8 Å². The van der Waals surface area contributed by atoms with E-state index in [0.717, 1.165) is 20.6 Å². The molecule has 1 N–H and O–H groups in total. The van der Waals surface area contributed by atoms with Crippen LogP contribution in [0.2, 0.25) is 0 Å². The molecule has 2 aromatic carbocycles. The minimum absolute atomic E-state index is 0.154. The second-order valence-electron chi connectivity index (χ2n) is 7.13. The van der Waals surface area contributed by atoms with Crippen LogP contribution in [0.5, 0.6) is 5.75 Å². The molecule has 0 aliphatic heterocycles. The summed E-state index contributed by atoms with van der Waals surface area (Å²) in [7, 11) is -2.27. The Morgan fingerprint density at radius 2 is 1.69 bits per heavy atom. The van der Waals surface area contributed by atoms with Crippen LogP contribution in [0, 0.1) is 0 Å². The molecule has 0 heterocycles. The zero-order chi connectivity index (χ0) is 23.9. The van der Waals surface area contributed by atoms with Crippen LogP contribution in [-0.2, 0) is 26.2 Å². The molecular formula is C22H28BrN3O5S. The number of ether oxygens (including phenoxy) is 1. The number of benzene rings is 2. The summed E-state index contributed by atoms with van der Waals surface area (Å²) >= 11 is 3.37. The molecule has 8 nitrogen and oxygen atoms in total. The SMILES string of the molecule is CCOc1ccc(N(CC(=O)N(Cc2ccc(Br)cc2)[C@H](C)C(=O)NC)S(C)(=O)=O)cc1. The Morgan fingerprint density at radius 1 is 1.09 bits per heavy atom. The minimum atomic E-state index is -3.76. The van der Waals surface area contributed by atoms with Gasteiger partial charge in [-0.15, -0.1) is 0 Å². The quantitative estimate of drug-likeness (QED) is 0.514. The third-order valence-electron chi connectivity index (χ3n) is 4.79. The van der Waals surface area contributed by atoms with Gasteiger partial charge in [0.2, 0.25) is 21.8 Å². The van der Waals surface area contributed by atoms with Crippen molar-refractivity contribution in [3.63, 3.8) is 0 Å². The van der Waals surface area contributed by atoms with E-state index in [-0.39, 0.29) is 12.5 Å². The van der Waals surface area contributed by atoms with Gasteiger partial charge in [-0.25, -0.2) is 8.42 Å². The molecule has 2 rings (SSSR count). The van der Waals surface area contributed by atoms with E-state index in [2.05, 4.69) is 21.2 Å². The number of likely N-dealkylation sites (N-methyl/N-ethyl adjacent to an activating group) is 1. The first-order valence-corrected chi connectivity index (χ1v) is 12.7. The van der Waals surface area contributed by atoms with Gasteiger partial charge >= 0.3 is 0 Å².